The summed E-state index contributed by atoms with van der Waals surface area (Å²) in [5.74, 6) is 0.185. The summed E-state index contributed by atoms with van der Waals surface area (Å²) in [6.07, 6.45) is 0.530. The van der Waals surface area contributed by atoms with Crippen molar-refractivity contribution in [3.8, 4) is 5.88 Å². The Labute approximate surface area is 173 Å². The van der Waals surface area contributed by atoms with E-state index in [0.717, 1.165) is 5.39 Å². The van der Waals surface area contributed by atoms with Crippen molar-refractivity contribution in [3.63, 3.8) is 0 Å². The number of halogens is 1. The molecule has 29 heavy (non-hydrogen) atoms. The van der Waals surface area contributed by atoms with E-state index in [1.165, 1.54) is 16.4 Å². The van der Waals surface area contributed by atoms with Crippen LogP contribution in [0.5, 0.6) is 5.88 Å². The van der Waals surface area contributed by atoms with Crippen LogP contribution in [-0.2, 0) is 10.0 Å². The number of carbonyl (C=O) groups excluding carboxylic acids is 1. The number of pyridine rings is 1. The van der Waals surface area contributed by atoms with E-state index in [9.17, 15) is 13.2 Å². The molecule has 0 atom stereocenters. The second kappa shape index (κ2) is 7.53. The van der Waals surface area contributed by atoms with Crippen molar-refractivity contribution >= 4 is 49.8 Å². The molecule has 1 N–H and O–H groups in total. The van der Waals surface area contributed by atoms with E-state index >= 15 is 0 Å². The molecule has 0 spiro atoms. The number of benzene rings is 2. The number of ether oxygens (including phenoxy) is 1. The number of sulfonamides is 1. The monoisotopic (exact) mass is 431 g/mol. The van der Waals surface area contributed by atoms with Gasteiger partial charge in [0.1, 0.15) is 0 Å². The number of rotatable bonds is 4. The maximum absolute atomic E-state index is 12.7. The summed E-state index contributed by atoms with van der Waals surface area (Å²) >= 11 is 6.20. The van der Waals surface area contributed by atoms with E-state index in [4.69, 9.17) is 16.3 Å². The normalized spacial score (nSPS) is 15.4. The van der Waals surface area contributed by atoms with Gasteiger partial charge in [0.15, 0.2) is 0 Å². The number of methoxy groups -OCH3 is 1. The molecule has 1 aliphatic heterocycles. The highest BCUT2D eigenvalue weighted by molar-refractivity contribution is 7.93. The van der Waals surface area contributed by atoms with Crippen molar-refractivity contribution in [1.29, 1.82) is 0 Å². The average molecular weight is 432 g/mol. The molecule has 1 aromatic heterocycles. The predicted molar refractivity (Wildman–Crippen MR) is 113 cm³/mol. The maximum Gasteiger partial charge on any atom is 0.255 e. The van der Waals surface area contributed by atoms with Crippen LogP contribution in [0.4, 0.5) is 11.4 Å². The summed E-state index contributed by atoms with van der Waals surface area (Å²) in [5, 5.41) is 4.01. The van der Waals surface area contributed by atoms with Crippen molar-refractivity contribution in [1.82, 2.24) is 4.98 Å². The smallest absolute Gasteiger partial charge is 0.255 e. The van der Waals surface area contributed by atoms with Gasteiger partial charge in [-0.3, -0.25) is 9.10 Å². The van der Waals surface area contributed by atoms with Crippen LogP contribution < -0.4 is 14.4 Å². The molecular formula is C20H18ClN3O4S. The van der Waals surface area contributed by atoms with Crippen molar-refractivity contribution in [3.05, 3.63) is 59.1 Å². The molecule has 1 aliphatic rings. The van der Waals surface area contributed by atoms with Crippen LogP contribution in [0.15, 0.2) is 48.5 Å². The largest absolute Gasteiger partial charge is 0.481 e. The fourth-order valence-electron chi connectivity index (χ4n) is 3.25. The van der Waals surface area contributed by atoms with E-state index in [0.29, 0.717) is 41.3 Å². The fourth-order valence-corrected chi connectivity index (χ4v) is 5.09. The van der Waals surface area contributed by atoms with Crippen LogP contribution in [-0.4, -0.2) is 38.7 Å². The highest BCUT2D eigenvalue weighted by Gasteiger charge is 2.30. The van der Waals surface area contributed by atoms with E-state index in [1.807, 2.05) is 12.1 Å². The van der Waals surface area contributed by atoms with Crippen LogP contribution in [0, 0.1) is 0 Å². The molecule has 2 aromatic carbocycles. The van der Waals surface area contributed by atoms with Crippen molar-refractivity contribution < 1.29 is 17.9 Å². The van der Waals surface area contributed by atoms with E-state index < -0.39 is 10.0 Å². The first kappa shape index (κ1) is 19.5. The van der Waals surface area contributed by atoms with Gasteiger partial charge in [-0.05, 0) is 42.8 Å². The van der Waals surface area contributed by atoms with Gasteiger partial charge in [-0.15, -0.1) is 0 Å². The van der Waals surface area contributed by atoms with Crippen LogP contribution in [0.2, 0.25) is 5.02 Å². The quantitative estimate of drug-likeness (QED) is 0.680. The Morgan fingerprint density at radius 3 is 2.69 bits per heavy atom. The molecule has 0 radical (unpaired) electrons. The standard InChI is InChI=1S/C20H18ClN3O4S/c1-28-19-8-5-13-3-6-15(12-17(13)23-19)22-20(25)14-4-7-16(21)18(11-14)24-9-2-10-29(24,26)27/h3-8,11-12H,2,9-10H2,1H3,(H,22,25). The minimum Gasteiger partial charge on any atom is -0.481 e. The molecule has 9 heteroatoms. The number of nitrogens with one attached hydrogen (secondary N) is 1. The molecular weight excluding hydrogens is 414 g/mol. The van der Waals surface area contributed by atoms with Gasteiger partial charge in [-0.25, -0.2) is 13.4 Å². The van der Waals surface area contributed by atoms with Crippen molar-refractivity contribution in [2.75, 3.05) is 29.0 Å². The number of hydrogen-bond donors (Lipinski definition) is 1. The third-order valence-corrected chi connectivity index (χ3v) is 6.88. The fraction of sp³-hybridized carbons (Fsp3) is 0.200. The first-order valence-electron chi connectivity index (χ1n) is 8.93. The van der Waals surface area contributed by atoms with Gasteiger partial charge in [-0.2, -0.15) is 0 Å². The lowest BCUT2D eigenvalue weighted by atomic mass is 10.1. The number of hydrogen-bond acceptors (Lipinski definition) is 5. The second-order valence-corrected chi connectivity index (χ2v) is 9.04. The molecule has 150 valence electrons. The molecule has 0 unspecified atom stereocenters. The van der Waals surface area contributed by atoms with Gasteiger partial charge in [0, 0.05) is 29.2 Å². The highest BCUT2D eigenvalue weighted by Crippen LogP contribution is 2.32. The molecule has 7 nitrogen and oxygen atoms in total. The maximum atomic E-state index is 12.7. The Morgan fingerprint density at radius 2 is 1.97 bits per heavy atom. The summed E-state index contributed by atoms with van der Waals surface area (Å²) < 4.78 is 30.8. The Morgan fingerprint density at radius 1 is 1.17 bits per heavy atom. The Kier molecular flexibility index (Phi) is 5.06. The van der Waals surface area contributed by atoms with Crippen molar-refractivity contribution in [2.24, 2.45) is 0 Å². The van der Waals surface area contributed by atoms with Gasteiger partial charge in [0.25, 0.3) is 5.91 Å². The lowest BCUT2D eigenvalue weighted by molar-refractivity contribution is 0.102. The first-order valence-corrected chi connectivity index (χ1v) is 10.9. The van der Waals surface area contributed by atoms with Crippen LogP contribution in [0.1, 0.15) is 16.8 Å². The first-order chi connectivity index (χ1) is 13.9. The molecule has 4 rings (SSSR count). The van der Waals surface area contributed by atoms with E-state index in [1.54, 1.807) is 31.4 Å². The Hall–Kier alpha value is -2.84. The zero-order chi connectivity index (χ0) is 20.6. The summed E-state index contributed by atoms with van der Waals surface area (Å²) in [6, 6.07) is 13.6. The number of anilines is 2. The van der Waals surface area contributed by atoms with Gasteiger partial charge in [0.2, 0.25) is 15.9 Å². The molecule has 1 amide bonds. The Balaban J connectivity index is 1.62. The van der Waals surface area contributed by atoms with Crippen LogP contribution in [0.3, 0.4) is 0 Å². The molecule has 3 aromatic rings. The number of fused-ring (bicyclic) bond motifs is 1. The highest BCUT2D eigenvalue weighted by atomic mass is 35.5. The molecule has 0 saturated carbocycles. The third-order valence-electron chi connectivity index (χ3n) is 4.71. The predicted octanol–water partition coefficient (Wildman–Crippen LogP) is 3.69. The molecule has 0 aliphatic carbocycles. The summed E-state index contributed by atoms with van der Waals surface area (Å²) in [5.41, 5.74) is 1.88. The lowest BCUT2D eigenvalue weighted by Crippen LogP contribution is -2.26. The van der Waals surface area contributed by atoms with Gasteiger partial charge >= 0.3 is 0 Å². The molecule has 0 bridgehead atoms. The minimum absolute atomic E-state index is 0.0767. The number of carbonyl (C=O) groups is 1. The SMILES string of the molecule is COc1ccc2ccc(NC(=O)c3ccc(Cl)c(N4CCCS4(=O)=O)c3)cc2n1. The summed E-state index contributed by atoms with van der Waals surface area (Å²) in [4.78, 5) is 17.1. The summed E-state index contributed by atoms with van der Waals surface area (Å²) in [7, 11) is -1.86. The lowest BCUT2D eigenvalue weighted by Gasteiger charge is -2.19. The molecule has 2 heterocycles. The van der Waals surface area contributed by atoms with Gasteiger partial charge < -0.3 is 10.1 Å². The minimum atomic E-state index is -3.40. The summed E-state index contributed by atoms with van der Waals surface area (Å²) in [6.45, 7) is 0.352. The third kappa shape index (κ3) is 3.86. The van der Waals surface area contributed by atoms with Crippen LogP contribution >= 0.6 is 11.6 Å². The number of nitrogens with zero attached hydrogens (tertiary/aromatic N) is 2. The van der Waals surface area contributed by atoms with E-state index in [2.05, 4.69) is 10.3 Å². The van der Waals surface area contributed by atoms with Crippen LogP contribution in [0.25, 0.3) is 10.9 Å². The number of aromatic nitrogens is 1. The average Bonchev–Trinajstić information content (AvgIpc) is 3.06. The number of amides is 1. The second-order valence-electron chi connectivity index (χ2n) is 6.62. The zero-order valence-electron chi connectivity index (χ0n) is 15.6. The zero-order valence-corrected chi connectivity index (χ0v) is 17.1. The van der Waals surface area contributed by atoms with Crippen molar-refractivity contribution in [2.45, 2.75) is 6.42 Å². The topological polar surface area (TPSA) is 88.6 Å². The molecule has 1 saturated heterocycles. The molecule has 1 fully saturated rings. The van der Waals surface area contributed by atoms with E-state index in [-0.39, 0.29) is 16.7 Å². The van der Waals surface area contributed by atoms with Gasteiger partial charge in [-0.1, -0.05) is 17.7 Å². The van der Waals surface area contributed by atoms with Gasteiger partial charge in [0.05, 0.1) is 29.1 Å². The Bertz CT molecular complexity index is 1210.